The highest BCUT2D eigenvalue weighted by Gasteiger charge is 2.15. The Balaban J connectivity index is 2.05. The van der Waals surface area contributed by atoms with E-state index < -0.39 is 0 Å². The highest BCUT2D eigenvalue weighted by molar-refractivity contribution is 6.18. The molecule has 0 bridgehead atoms. The Morgan fingerprint density at radius 3 is 3.05 bits per heavy atom. The van der Waals surface area contributed by atoms with Crippen LogP contribution in [0.2, 0.25) is 0 Å². The van der Waals surface area contributed by atoms with Gasteiger partial charge in [0.25, 0.3) is 0 Å². The first-order valence-corrected chi connectivity index (χ1v) is 6.91. The summed E-state index contributed by atoms with van der Waals surface area (Å²) >= 11 is 5.54. The first-order chi connectivity index (χ1) is 9.28. The second-order valence-electron chi connectivity index (χ2n) is 4.37. The summed E-state index contributed by atoms with van der Waals surface area (Å²) in [6, 6.07) is 4.52. The van der Waals surface area contributed by atoms with Crippen molar-refractivity contribution >= 4 is 11.6 Å². The van der Waals surface area contributed by atoms with Gasteiger partial charge in [0, 0.05) is 30.5 Å². The van der Waals surface area contributed by atoms with Crippen LogP contribution in [0, 0.1) is 17.7 Å². The number of halogens is 2. The molecule has 0 aromatic heterocycles. The Bertz CT molecular complexity index is 473. The fourth-order valence-electron chi connectivity index (χ4n) is 1.91. The summed E-state index contributed by atoms with van der Waals surface area (Å²) in [5, 5.41) is 0. The fraction of sp³-hybridized carbons (Fsp3) is 0.467. The Labute approximate surface area is 117 Å². The third-order valence-electron chi connectivity index (χ3n) is 2.74. The zero-order chi connectivity index (χ0) is 13.5. The molecule has 1 aliphatic rings. The van der Waals surface area contributed by atoms with Gasteiger partial charge in [-0.2, -0.15) is 0 Å². The second kappa shape index (κ2) is 7.37. The monoisotopic (exact) mass is 282 g/mol. The van der Waals surface area contributed by atoms with Gasteiger partial charge in [-0.1, -0.05) is 11.8 Å². The van der Waals surface area contributed by atoms with Crippen molar-refractivity contribution in [2.24, 2.45) is 0 Å². The molecule has 0 radical (unpaired) electrons. The molecule has 2 nitrogen and oxygen atoms in total. The molecule has 0 saturated carbocycles. The summed E-state index contributed by atoms with van der Waals surface area (Å²) in [6.45, 7) is 1.34. The number of rotatable bonds is 3. The fourth-order valence-corrected chi connectivity index (χ4v) is 2.01. The normalized spacial score (nSPS) is 18.5. The molecule has 1 heterocycles. The van der Waals surface area contributed by atoms with E-state index in [4.69, 9.17) is 21.1 Å². The van der Waals surface area contributed by atoms with Crippen LogP contribution < -0.4 is 4.74 Å². The van der Waals surface area contributed by atoms with E-state index >= 15 is 0 Å². The van der Waals surface area contributed by atoms with E-state index in [9.17, 15) is 4.39 Å². The van der Waals surface area contributed by atoms with E-state index in [0.717, 1.165) is 19.4 Å². The third-order valence-corrected chi connectivity index (χ3v) is 2.93. The molecule has 0 spiro atoms. The van der Waals surface area contributed by atoms with Gasteiger partial charge in [0.1, 0.15) is 17.7 Å². The van der Waals surface area contributed by atoms with E-state index in [1.165, 1.54) is 12.1 Å². The molecule has 1 aliphatic heterocycles. The molecule has 2 rings (SSSR count). The summed E-state index contributed by atoms with van der Waals surface area (Å²) in [5.74, 6) is 6.40. The van der Waals surface area contributed by atoms with Crippen LogP contribution in [0.3, 0.4) is 0 Å². The maximum absolute atomic E-state index is 13.5. The quantitative estimate of drug-likeness (QED) is 0.625. The van der Waals surface area contributed by atoms with Crippen LogP contribution >= 0.6 is 11.6 Å². The van der Waals surface area contributed by atoms with Crippen LogP contribution in [-0.4, -0.2) is 25.2 Å². The lowest BCUT2D eigenvalue weighted by Crippen LogP contribution is -2.28. The number of alkyl halides is 1. The molecule has 102 valence electrons. The minimum atomic E-state index is -0.343. The molecule has 1 fully saturated rings. The van der Waals surface area contributed by atoms with Crippen LogP contribution in [0.15, 0.2) is 18.2 Å². The van der Waals surface area contributed by atoms with E-state index in [-0.39, 0.29) is 11.9 Å². The van der Waals surface area contributed by atoms with Crippen LogP contribution in [0.1, 0.15) is 24.8 Å². The predicted octanol–water partition coefficient (Wildman–Crippen LogP) is 3.36. The lowest BCUT2D eigenvalue weighted by molar-refractivity contribution is 0.00730. The molecule has 1 atom stereocenters. The molecule has 1 aromatic rings. The van der Waals surface area contributed by atoms with Gasteiger partial charge in [0.05, 0.1) is 6.61 Å². The van der Waals surface area contributed by atoms with Gasteiger partial charge in [-0.05, 0) is 25.0 Å². The zero-order valence-electron chi connectivity index (χ0n) is 10.6. The number of ether oxygens (including phenoxy) is 2. The number of benzene rings is 1. The van der Waals surface area contributed by atoms with Gasteiger partial charge in [0.15, 0.2) is 0 Å². The molecular weight excluding hydrogens is 267 g/mol. The summed E-state index contributed by atoms with van der Waals surface area (Å²) in [6.07, 6.45) is 2.50. The highest BCUT2D eigenvalue weighted by Crippen LogP contribution is 2.20. The van der Waals surface area contributed by atoms with Crippen molar-refractivity contribution in [2.45, 2.75) is 25.4 Å². The lowest BCUT2D eigenvalue weighted by Gasteiger charge is -2.23. The molecular formula is C15H16ClFO2. The van der Waals surface area contributed by atoms with Crippen molar-refractivity contribution in [3.8, 4) is 17.6 Å². The minimum Gasteiger partial charge on any atom is -0.488 e. The van der Waals surface area contributed by atoms with Crippen LogP contribution in [0.5, 0.6) is 5.75 Å². The SMILES string of the molecule is Fc1cc(C#CCCCl)cc(OC2CCCOC2)c1. The van der Waals surface area contributed by atoms with Crippen molar-refractivity contribution < 1.29 is 13.9 Å². The molecule has 1 aromatic carbocycles. The molecule has 1 saturated heterocycles. The minimum absolute atomic E-state index is 0.000740. The van der Waals surface area contributed by atoms with E-state index in [1.54, 1.807) is 6.07 Å². The van der Waals surface area contributed by atoms with E-state index in [1.807, 2.05) is 0 Å². The molecule has 0 N–H and O–H groups in total. The molecule has 0 aliphatic carbocycles. The van der Waals surface area contributed by atoms with Gasteiger partial charge in [-0.15, -0.1) is 11.6 Å². The van der Waals surface area contributed by atoms with Crippen molar-refractivity contribution in [3.05, 3.63) is 29.6 Å². The molecule has 4 heteroatoms. The average Bonchev–Trinajstić information content (AvgIpc) is 2.39. The summed E-state index contributed by atoms with van der Waals surface area (Å²) < 4.78 is 24.5. The predicted molar refractivity (Wildman–Crippen MR) is 73.1 cm³/mol. The number of hydrogen-bond acceptors (Lipinski definition) is 2. The smallest absolute Gasteiger partial charge is 0.128 e. The maximum atomic E-state index is 13.5. The van der Waals surface area contributed by atoms with E-state index in [0.29, 0.717) is 30.2 Å². The van der Waals surface area contributed by atoms with Gasteiger partial charge in [-0.3, -0.25) is 0 Å². The van der Waals surface area contributed by atoms with Crippen LogP contribution in [-0.2, 0) is 4.74 Å². The van der Waals surface area contributed by atoms with Crippen molar-refractivity contribution in [1.29, 1.82) is 0 Å². The largest absolute Gasteiger partial charge is 0.488 e. The average molecular weight is 283 g/mol. The standard InChI is InChI=1S/C15H16ClFO2/c16-6-2-1-4-12-8-13(17)10-15(9-12)19-14-5-3-7-18-11-14/h8-10,14H,2-3,5-7,11H2. The first-order valence-electron chi connectivity index (χ1n) is 6.38. The third kappa shape index (κ3) is 4.74. The Morgan fingerprint density at radius 1 is 1.42 bits per heavy atom. The summed E-state index contributed by atoms with van der Waals surface area (Å²) in [4.78, 5) is 0. The van der Waals surface area contributed by atoms with Gasteiger partial charge >= 0.3 is 0 Å². The van der Waals surface area contributed by atoms with Crippen molar-refractivity contribution in [3.63, 3.8) is 0 Å². The first kappa shape index (κ1) is 14.2. The van der Waals surface area contributed by atoms with Crippen molar-refractivity contribution in [1.82, 2.24) is 0 Å². The summed E-state index contributed by atoms with van der Waals surface area (Å²) in [7, 11) is 0. The Hall–Kier alpha value is -1.24. The van der Waals surface area contributed by atoms with Crippen molar-refractivity contribution in [2.75, 3.05) is 19.1 Å². The van der Waals surface area contributed by atoms with Gasteiger partial charge in [0.2, 0.25) is 0 Å². The number of hydrogen-bond donors (Lipinski definition) is 0. The second-order valence-corrected chi connectivity index (χ2v) is 4.75. The molecule has 1 unspecified atom stereocenters. The Morgan fingerprint density at radius 2 is 2.32 bits per heavy atom. The molecule has 19 heavy (non-hydrogen) atoms. The van der Waals surface area contributed by atoms with Gasteiger partial charge in [-0.25, -0.2) is 4.39 Å². The van der Waals surface area contributed by atoms with Crippen LogP contribution in [0.25, 0.3) is 0 Å². The van der Waals surface area contributed by atoms with Gasteiger partial charge < -0.3 is 9.47 Å². The topological polar surface area (TPSA) is 18.5 Å². The van der Waals surface area contributed by atoms with Crippen LogP contribution in [0.4, 0.5) is 4.39 Å². The Kier molecular flexibility index (Phi) is 5.50. The molecule has 0 amide bonds. The summed E-state index contributed by atoms with van der Waals surface area (Å²) in [5.41, 5.74) is 0.608. The highest BCUT2D eigenvalue weighted by atomic mass is 35.5. The lowest BCUT2D eigenvalue weighted by atomic mass is 10.1. The maximum Gasteiger partial charge on any atom is 0.128 e. The zero-order valence-corrected chi connectivity index (χ0v) is 11.4. The van der Waals surface area contributed by atoms with E-state index in [2.05, 4.69) is 11.8 Å².